The molecule has 0 amide bonds. The normalized spacial score (nSPS) is 10.3. The molecule has 2 N–H and O–H groups in total. The van der Waals surface area contributed by atoms with E-state index in [1.165, 1.54) is 27.5 Å². The maximum Gasteiger partial charge on any atom is 0.0463 e. The van der Waals surface area contributed by atoms with Crippen LogP contribution in [0.15, 0.2) is 30.5 Å². The van der Waals surface area contributed by atoms with Crippen LogP contribution in [-0.4, -0.2) is 9.97 Å². The van der Waals surface area contributed by atoms with Crippen molar-refractivity contribution in [3.63, 3.8) is 0 Å². The summed E-state index contributed by atoms with van der Waals surface area (Å²) >= 11 is 0. The molecule has 0 bridgehead atoms. The summed E-state index contributed by atoms with van der Waals surface area (Å²) in [6.07, 6.45) is 1.97. The second-order valence-electron chi connectivity index (χ2n) is 3.46. The van der Waals surface area contributed by atoms with Crippen LogP contribution < -0.4 is 0 Å². The highest BCUT2D eigenvalue weighted by molar-refractivity contribution is 5.95. The van der Waals surface area contributed by atoms with E-state index < -0.39 is 0 Å². The van der Waals surface area contributed by atoms with Gasteiger partial charge in [-0.2, -0.15) is 0 Å². The zero-order chi connectivity index (χ0) is 10.8. The Hall–Kier alpha value is -1.70. The third kappa shape index (κ3) is 1.63. The molecular weight excluding hydrogens is 184 g/mol. The van der Waals surface area contributed by atoms with Gasteiger partial charge in [-0.3, -0.25) is 0 Å². The van der Waals surface area contributed by atoms with E-state index in [1.807, 2.05) is 20.0 Å². The van der Waals surface area contributed by atoms with Gasteiger partial charge in [-0.1, -0.05) is 13.8 Å². The van der Waals surface area contributed by atoms with Crippen LogP contribution in [0.3, 0.4) is 0 Å². The van der Waals surface area contributed by atoms with Crippen molar-refractivity contribution in [2.24, 2.45) is 0 Å². The quantitative estimate of drug-likeness (QED) is 0.550. The molecule has 1 aromatic carbocycles. The third-order valence-electron chi connectivity index (χ3n) is 2.43. The largest absolute Gasteiger partial charge is 0.361 e. The maximum absolute atomic E-state index is 3.33. The zero-order valence-electron chi connectivity index (χ0n) is 9.39. The van der Waals surface area contributed by atoms with Crippen LogP contribution in [0.4, 0.5) is 0 Å². The van der Waals surface area contributed by atoms with Gasteiger partial charge < -0.3 is 9.97 Å². The van der Waals surface area contributed by atoms with E-state index in [9.17, 15) is 0 Å². The number of aryl methyl sites for hydroxylation is 1. The molecule has 2 heteroatoms. The average molecular weight is 200 g/mol. The lowest BCUT2D eigenvalue weighted by Gasteiger charge is -1.90. The molecule has 0 spiro atoms. The van der Waals surface area contributed by atoms with Gasteiger partial charge in [0, 0.05) is 33.7 Å². The van der Waals surface area contributed by atoms with E-state index in [0.717, 1.165) is 0 Å². The molecule has 15 heavy (non-hydrogen) atoms. The summed E-state index contributed by atoms with van der Waals surface area (Å²) in [5, 5.41) is 2.53. The number of hydrogen-bond acceptors (Lipinski definition) is 0. The van der Waals surface area contributed by atoms with Crippen molar-refractivity contribution in [1.82, 2.24) is 9.97 Å². The molecule has 2 heterocycles. The Morgan fingerprint density at radius 2 is 1.67 bits per heavy atom. The van der Waals surface area contributed by atoms with Crippen LogP contribution in [0.2, 0.25) is 0 Å². The standard InChI is InChI=1S/C11H10N2.C2H6/c1-7-4-9-6-10-8(2-3-12-10)5-11(9)13-7;1-2/h2-6,12-13H,1H3;1-2H3. The Kier molecular flexibility index (Phi) is 2.50. The van der Waals surface area contributed by atoms with Gasteiger partial charge in [-0.05, 0) is 31.2 Å². The summed E-state index contributed by atoms with van der Waals surface area (Å²) in [7, 11) is 0. The van der Waals surface area contributed by atoms with E-state index in [4.69, 9.17) is 0 Å². The Labute approximate surface area is 89.3 Å². The fourth-order valence-electron chi connectivity index (χ4n) is 1.83. The monoisotopic (exact) mass is 200 g/mol. The predicted molar refractivity (Wildman–Crippen MR) is 66.2 cm³/mol. The summed E-state index contributed by atoms with van der Waals surface area (Å²) < 4.78 is 0. The fourth-order valence-corrected chi connectivity index (χ4v) is 1.83. The molecule has 0 saturated heterocycles. The highest BCUT2D eigenvalue weighted by Crippen LogP contribution is 2.21. The molecule has 0 saturated carbocycles. The van der Waals surface area contributed by atoms with Crippen molar-refractivity contribution < 1.29 is 0 Å². The van der Waals surface area contributed by atoms with Crippen LogP contribution in [0.25, 0.3) is 21.8 Å². The van der Waals surface area contributed by atoms with Gasteiger partial charge in [0.1, 0.15) is 0 Å². The number of hydrogen-bond donors (Lipinski definition) is 2. The van der Waals surface area contributed by atoms with Crippen molar-refractivity contribution >= 4 is 21.8 Å². The van der Waals surface area contributed by atoms with Crippen molar-refractivity contribution in [3.05, 3.63) is 36.2 Å². The minimum Gasteiger partial charge on any atom is -0.361 e. The first kappa shape index (κ1) is 9.84. The van der Waals surface area contributed by atoms with Crippen molar-refractivity contribution in [1.29, 1.82) is 0 Å². The molecule has 0 unspecified atom stereocenters. The topological polar surface area (TPSA) is 31.6 Å². The number of aromatic amines is 2. The second-order valence-corrected chi connectivity index (χ2v) is 3.46. The lowest BCUT2D eigenvalue weighted by molar-refractivity contribution is 1.30. The number of rotatable bonds is 0. The minimum atomic E-state index is 1.20. The Morgan fingerprint density at radius 3 is 2.47 bits per heavy atom. The fraction of sp³-hybridized carbons (Fsp3) is 0.231. The van der Waals surface area contributed by atoms with Gasteiger partial charge in [0.05, 0.1) is 0 Å². The van der Waals surface area contributed by atoms with Crippen LogP contribution in [0.1, 0.15) is 19.5 Å². The molecule has 0 aliphatic rings. The first-order valence-electron chi connectivity index (χ1n) is 5.39. The second kappa shape index (κ2) is 3.81. The SMILES string of the molecule is CC.Cc1cc2cc3[nH]ccc3cc2[nH]1. The first-order chi connectivity index (χ1) is 7.33. The number of fused-ring (bicyclic) bond motifs is 2. The summed E-state index contributed by atoms with van der Waals surface area (Å²) in [6.45, 7) is 6.08. The van der Waals surface area contributed by atoms with E-state index in [0.29, 0.717) is 0 Å². The Balaban J connectivity index is 0.000000404. The predicted octanol–water partition coefficient (Wildman–Crippen LogP) is 3.98. The van der Waals surface area contributed by atoms with Gasteiger partial charge in [0.15, 0.2) is 0 Å². The number of benzene rings is 1. The van der Waals surface area contributed by atoms with Crippen molar-refractivity contribution in [3.8, 4) is 0 Å². The Bertz CT molecular complexity index is 524. The van der Waals surface area contributed by atoms with Crippen LogP contribution in [0, 0.1) is 6.92 Å². The van der Waals surface area contributed by atoms with E-state index in [-0.39, 0.29) is 0 Å². The summed E-state index contributed by atoms with van der Waals surface area (Å²) in [5.74, 6) is 0. The maximum atomic E-state index is 3.33. The summed E-state index contributed by atoms with van der Waals surface area (Å²) in [6, 6.07) is 8.60. The molecule has 0 aliphatic heterocycles. The van der Waals surface area contributed by atoms with Crippen molar-refractivity contribution in [2.45, 2.75) is 20.8 Å². The number of nitrogens with one attached hydrogen (secondary N) is 2. The molecule has 2 nitrogen and oxygen atoms in total. The third-order valence-corrected chi connectivity index (χ3v) is 2.43. The molecule has 3 aromatic rings. The molecule has 2 aromatic heterocycles. The minimum absolute atomic E-state index is 1.20. The van der Waals surface area contributed by atoms with Crippen molar-refractivity contribution in [2.75, 3.05) is 0 Å². The van der Waals surface area contributed by atoms with Gasteiger partial charge in [-0.15, -0.1) is 0 Å². The first-order valence-corrected chi connectivity index (χ1v) is 5.39. The van der Waals surface area contributed by atoms with E-state index >= 15 is 0 Å². The molecular formula is C13H16N2. The smallest absolute Gasteiger partial charge is 0.0463 e. The molecule has 0 atom stereocenters. The molecule has 0 radical (unpaired) electrons. The lowest BCUT2D eigenvalue weighted by Crippen LogP contribution is -1.69. The molecule has 0 aliphatic carbocycles. The van der Waals surface area contributed by atoms with E-state index in [1.54, 1.807) is 0 Å². The van der Waals surface area contributed by atoms with Crippen LogP contribution in [-0.2, 0) is 0 Å². The lowest BCUT2D eigenvalue weighted by atomic mass is 10.2. The summed E-state index contributed by atoms with van der Waals surface area (Å²) in [4.78, 5) is 6.53. The molecule has 0 fully saturated rings. The Morgan fingerprint density at radius 1 is 0.933 bits per heavy atom. The van der Waals surface area contributed by atoms with Crippen LogP contribution >= 0.6 is 0 Å². The molecule has 3 rings (SSSR count). The van der Waals surface area contributed by atoms with Gasteiger partial charge in [0.25, 0.3) is 0 Å². The molecule has 78 valence electrons. The van der Waals surface area contributed by atoms with Gasteiger partial charge in [-0.25, -0.2) is 0 Å². The summed E-state index contributed by atoms with van der Waals surface area (Å²) in [5.41, 5.74) is 3.62. The number of aromatic nitrogens is 2. The van der Waals surface area contributed by atoms with Crippen LogP contribution in [0.5, 0.6) is 0 Å². The highest BCUT2D eigenvalue weighted by atomic mass is 14.7. The highest BCUT2D eigenvalue weighted by Gasteiger charge is 2.00. The zero-order valence-corrected chi connectivity index (χ0v) is 9.39. The number of H-pyrrole nitrogens is 2. The van der Waals surface area contributed by atoms with Gasteiger partial charge >= 0.3 is 0 Å². The average Bonchev–Trinajstić information content (AvgIpc) is 2.81. The van der Waals surface area contributed by atoms with Gasteiger partial charge in [0.2, 0.25) is 0 Å². The van der Waals surface area contributed by atoms with E-state index in [2.05, 4.69) is 41.2 Å².